The Hall–Kier alpha value is -2.85. The van der Waals surface area contributed by atoms with Gasteiger partial charge < -0.3 is 9.88 Å². The Morgan fingerprint density at radius 3 is 2.70 bits per heavy atom. The maximum atomic E-state index is 13.4. The molecule has 4 heteroatoms. The zero-order valence-electron chi connectivity index (χ0n) is 17.2. The molecule has 0 saturated carbocycles. The number of amides is 1. The minimum absolute atomic E-state index is 0.0613. The lowest BCUT2D eigenvalue weighted by Gasteiger charge is -2.42. The average Bonchev–Trinajstić information content (AvgIpc) is 3.46. The number of hydrogen-bond acceptors (Lipinski definition) is 2. The lowest BCUT2D eigenvalue weighted by molar-refractivity contribution is -0.133. The first-order chi connectivity index (χ1) is 14.8. The second-order valence-corrected chi connectivity index (χ2v) is 8.94. The van der Waals surface area contributed by atoms with E-state index in [0.29, 0.717) is 11.9 Å². The van der Waals surface area contributed by atoms with Crippen molar-refractivity contribution in [2.24, 2.45) is 5.92 Å². The molecule has 2 aromatic carbocycles. The lowest BCUT2D eigenvalue weighted by atomic mass is 9.79. The van der Waals surface area contributed by atoms with Crippen molar-refractivity contribution >= 4 is 22.4 Å². The molecule has 0 spiro atoms. The van der Waals surface area contributed by atoms with Gasteiger partial charge in [-0.3, -0.25) is 9.69 Å². The summed E-state index contributed by atoms with van der Waals surface area (Å²) in [5.74, 6) is 0.248. The summed E-state index contributed by atoms with van der Waals surface area (Å²) >= 11 is 0. The number of likely N-dealkylation sites (tertiary alicyclic amines) is 1. The molecule has 6 rings (SSSR count). The molecule has 3 aliphatic rings. The second-order valence-electron chi connectivity index (χ2n) is 8.94. The summed E-state index contributed by atoms with van der Waals surface area (Å²) < 4.78 is 0. The fraction of sp³-hybridized carbons (Fsp3) is 0.346. The van der Waals surface area contributed by atoms with Crippen molar-refractivity contribution in [1.82, 2.24) is 14.8 Å². The highest BCUT2D eigenvalue weighted by atomic mass is 16.2. The van der Waals surface area contributed by atoms with Crippen LogP contribution in [0.1, 0.15) is 29.5 Å². The quantitative estimate of drug-likeness (QED) is 0.718. The molecule has 1 aliphatic carbocycles. The Morgan fingerprint density at radius 2 is 1.87 bits per heavy atom. The fourth-order valence-electron chi connectivity index (χ4n) is 5.64. The summed E-state index contributed by atoms with van der Waals surface area (Å²) in [4.78, 5) is 21.4. The van der Waals surface area contributed by atoms with E-state index in [9.17, 15) is 4.79 Å². The third kappa shape index (κ3) is 2.90. The van der Waals surface area contributed by atoms with Gasteiger partial charge in [0, 0.05) is 49.3 Å². The number of benzene rings is 2. The molecule has 2 atom stereocenters. The predicted molar refractivity (Wildman–Crippen MR) is 120 cm³/mol. The summed E-state index contributed by atoms with van der Waals surface area (Å²) in [6.07, 6.45) is 7.75. The summed E-state index contributed by atoms with van der Waals surface area (Å²) in [6.45, 7) is 3.51. The maximum Gasteiger partial charge on any atom is 0.230 e. The number of carbonyl (C=O) groups is 1. The normalized spacial score (nSPS) is 23.5. The third-order valence-electron chi connectivity index (χ3n) is 7.09. The van der Waals surface area contributed by atoms with Crippen molar-refractivity contribution < 1.29 is 4.79 Å². The Labute approximate surface area is 177 Å². The van der Waals surface area contributed by atoms with Gasteiger partial charge in [-0.15, -0.1) is 0 Å². The van der Waals surface area contributed by atoms with Gasteiger partial charge in [0.2, 0.25) is 5.91 Å². The standard InChI is InChI=1S/C26H27N3O/c30-26(28-11-4-5-12-28)20-13-22-21-9-6-10-23-25(21)19(15-27-23)14-24(22)29(17-20)16-18-7-2-1-3-8-18/h1-3,6-10,13,15,20,24,27H,4-5,11-12,14,16-17H2/t20-,24+/m0/s1. The number of hydrogen-bond donors (Lipinski definition) is 1. The molecule has 3 aromatic rings. The Balaban J connectivity index is 1.43. The van der Waals surface area contributed by atoms with E-state index < -0.39 is 0 Å². The molecular formula is C26H27N3O. The van der Waals surface area contributed by atoms with Crippen molar-refractivity contribution in [3.05, 3.63) is 77.5 Å². The minimum Gasteiger partial charge on any atom is -0.361 e. The van der Waals surface area contributed by atoms with Gasteiger partial charge >= 0.3 is 0 Å². The topological polar surface area (TPSA) is 39.3 Å². The summed E-state index contributed by atoms with van der Waals surface area (Å²) in [7, 11) is 0. The minimum atomic E-state index is -0.0613. The molecule has 2 aliphatic heterocycles. The van der Waals surface area contributed by atoms with Crippen LogP contribution in [0, 0.1) is 5.92 Å². The van der Waals surface area contributed by atoms with Crippen molar-refractivity contribution in [1.29, 1.82) is 0 Å². The van der Waals surface area contributed by atoms with Crippen LogP contribution >= 0.6 is 0 Å². The van der Waals surface area contributed by atoms with Crippen LogP contribution in [0.15, 0.2) is 60.8 Å². The van der Waals surface area contributed by atoms with Gasteiger partial charge in [-0.1, -0.05) is 48.5 Å². The highest BCUT2D eigenvalue weighted by Gasteiger charge is 2.38. The van der Waals surface area contributed by atoms with Gasteiger partial charge in [0.05, 0.1) is 5.92 Å². The predicted octanol–water partition coefficient (Wildman–Crippen LogP) is 4.23. The number of carbonyl (C=O) groups excluding carboxylic acids is 1. The lowest BCUT2D eigenvalue weighted by Crippen LogP contribution is -2.48. The molecule has 30 heavy (non-hydrogen) atoms. The molecule has 1 saturated heterocycles. The van der Waals surface area contributed by atoms with Gasteiger partial charge in [0.25, 0.3) is 0 Å². The molecule has 152 valence electrons. The van der Waals surface area contributed by atoms with E-state index >= 15 is 0 Å². The average molecular weight is 398 g/mol. The number of aromatic nitrogens is 1. The molecule has 3 heterocycles. The zero-order chi connectivity index (χ0) is 20.1. The van der Waals surface area contributed by atoms with E-state index in [-0.39, 0.29) is 5.92 Å². The van der Waals surface area contributed by atoms with Crippen LogP contribution in [-0.4, -0.2) is 46.4 Å². The van der Waals surface area contributed by atoms with Crippen LogP contribution < -0.4 is 0 Å². The van der Waals surface area contributed by atoms with Crippen LogP contribution in [0.25, 0.3) is 16.5 Å². The van der Waals surface area contributed by atoms with Gasteiger partial charge in [0.15, 0.2) is 0 Å². The summed E-state index contributed by atoms with van der Waals surface area (Å²) in [5.41, 5.74) is 6.54. The van der Waals surface area contributed by atoms with Crippen molar-refractivity contribution in [2.75, 3.05) is 19.6 Å². The highest BCUT2D eigenvalue weighted by molar-refractivity contribution is 5.99. The number of fused-ring (bicyclic) bond motifs is 2. The highest BCUT2D eigenvalue weighted by Crippen LogP contribution is 2.42. The first-order valence-corrected chi connectivity index (χ1v) is 11.2. The number of rotatable bonds is 3. The van der Waals surface area contributed by atoms with Gasteiger partial charge in [-0.05, 0) is 47.6 Å². The van der Waals surface area contributed by atoms with Crippen molar-refractivity contribution in [3.63, 3.8) is 0 Å². The molecule has 1 fully saturated rings. The Bertz CT molecular complexity index is 1120. The summed E-state index contributed by atoms with van der Waals surface area (Å²) in [5, 5.41) is 1.34. The van der Waals surface area contributed by atoms with Gasteiger partial charge in [-0.2, -0.15) is 0 Å². The largest absolute Gasteiger partial charge is 0.361 e. The van der Waals surface area contributed by atoms with Crippen LogP contribution in [-0.2, 0) is 17.8 Å². The van der Waals surface area contributed by atoms with Gasteiger partial charge in [0.1, 0.15) is 0 Å². The van der Waals surface area contributed by atoms with Crippen LogP contribution in [0.3, 0.4) is 0 Å². The van der Waals surface area contributed by atoms with Crippen LogP contribution in [0.2, 0.25) is 0 Å². The van der Waals surface area contributed by atoms with Gasteiger partial charge in [-0.25, -0.2) is 0 Å². The van der Waals surface area contributed by atoms with Crippen molar-refractivity contribution in [2.45, 2.75) is 31.8 Å². The van der Waals surface area contributed by atoms with Crippen LogP contribution in [0.5, 0.6) is 0 Å². The number of nitrogens with one attached hydrogen (secondary N) is 1. The van der Waals surface area contributed by atoms with E-state index in [1.165, 1.54) is 33.2 Å². The number of aromatic amines is 1. The monoisotopic (exact) mass is 397 g/mol. The number of H-pyrrole nitrogens is 1. The summed E-state index contributed by atoms with van der Waals surface area (Å²) in [6, 6.07) is 17.5. The molecule has 0 bridgehead atoms. The smallest absolute Gasteiger partial charge is 0.230 e. The number of nitrogens with zero attached hydrogens (tertiary/aromatic N) is 2. The second kappa shape index (κ2) is 7.13. The van der Waals surface area contributed by atoms with E-state index in [0.717, 1.165) is 45.4 Å². The fourth-order valence-corrected chi connectivity index (χ4v) is 5.64. The molecular weight excluding hydrogens is 370 g/mol. The van der Waals surface area contributed by atoms with E-state index in [1.807, 2.05) is 0 Å². The zero-order valence-corrected chi connectivity index (χ0v) is 17.2. The third-order valence-corrected chi connectivity index (χ3v) is 7.09. The first kappa shape index (κ1) is 18.0. The van der Waals surface area contributed by atoms with E-state index in [4.69, 9.17) is 0 Å². The first-order valence-electron chi connectivity index (χ1n) is 11.2. The van der Waals surface area contributed by atoms with Crippen LogP contribution in [0.4, 0.5) is 0 Å². The maximum absolute atomic E-state index is 13.4. The molecule has 1 amide bonds. The van der Waals surface area contributed by atoms with E-state index in [1.54, 1.807) is 0 Å². The van der Waals surface area contributed by atoms with Crippen molar-refractivity contribution in [3.8, 4) is 0 Å². The molecule has 0 unspecified atom stereocenters. The Morgan fingerprint density at radius 1 is 1.03 bits per heavy atom. The molecule has 0 radical (unpaired) electrons. The SMILES string of the molecule is O=C([C@H]1C=C2c3cccc4[nH]cc(c34)C[C@H]2N(Cc2ccccc2)C1)N1CCCC1. The molecule has 4 nitrogen and oxygen atoms in total. The van der Waals surface area contributed by atoms with E-state index in [2.05, 4.69) is 75.6 Å². The molecule has 1 aromatic heterocycles. The Kier molecular flexibility index (Phi) is 4.27. The molecule has 1 N–H and O–H groups in total.